The second-order valence-electron chi connectivity index (χ2n) is 15.1. The van der Waals surface area contributed by atoms with Crippen LogP contribution in [0.4, 0.5) is 0 Å². The number of carbonyl (C=O) groups is 2. The third-order valence-electron chi connectivity index (χ3n) is 12.5. The van der Waals surface area contributed by atoms with Crippen LogP contribution >= 0.6 is 0 Å². The van der Waals surface area contributed by atoms with Gasteiger partial charge in [-0.1, -0.05) is 25.3 Å². The molecule has 0 radical (unpaired) electrons. The second kappa shape index (κ2) is 11.3. The number of nitrogens with one attached hydrogen (secondary N) is 1. The number of carbonyl (C=O) groups excluding carboxylic acids is 2. The zero-order valence-corrected chi connectivity index (χ0v) is 28.6. The number of rotatable bonds is 6. The SMILES string of the molecule is COc1ccc2c(c1)C1CC1(C(=O)N1CCN3CCCC3C1)Cn1c-2c(C2CCCCC2)c2ccc(C(=O)NS(=O)(=O)N3CCC3)cc21. The Morgan fingerprint density at radius 3 is 2.52 bits per heavy atom. The van der Waals surface area contributed by atoms with Gasteiger partial charge in [0.1, 0.15) is 5.75 Å². The molecule has 48 heavy (non-hydrogen) atoms. The Hall–Kier alpha value is -3.41. The Morgan fingerprint density at radius 2 is 1.75 bits per heavy atom. The van der Waals surface area contributed by atoms with Crippen LogP contribution in [0, 0.1) is 5.41 Å². The van der Waals surface area contributed by atoms with Crippen LogP contribution in [0.15, 0.2) is 36.4 Å². The van der Waals surface area contributed by atoms with Gasteiger partial charge in [-0.15, -0.1) is 0 Å². The van der Waals surface area contributed by atoms with Crippen LogP contribution in [0.2, 0.25) is 0 Å². The summed E-state index contributed by atoms with van der Waals surface area (Å²) in [6.07, 6.45) is 9.73. The maximum Gasteiger partial charge on any atom is 0.304 e. The molecule has 3 saturated heterocycles. The normalized spacial score (nSPS) is 27.3. The van der Waals surface area contributed by atoms with Gasteiger partial charge in [-0.2, -0.15) is 12.7 Å². The fourth-order valence-corrected chi connectivity index (χ4v) is 10.9. The number of benzene rings is 2. The quantitative estimate of drug-likeness (QED) is 0.403. The van der Waals surface area contributed by atoms with Gasteiger partial charge in [0.2, 0.25) is 5.91 Å². The minimum atomic E-state index is -3.89. The van der Waals surface area contributed by atoms with E-state index in [0.29, 0.717) is 37.2 Å². The van der Waals surface area contributed by atoms with Crippen LogP contribution in [0.25, 0.3) is 22.2 Å². The van der Waals surface area contributed by atoms with E-state index in [2.05, 4.69) is 31.2 Å². The minimum absolute atomic E-state index is 0.0824. The molecule has 0 bridgehead atoms. The zero-order valence-electron chi connectivity index (χ0n) is 27.7. The van der Waals surface area contributed by atoms with E-state index in [1.807, 2.05) is 18.2 Å². The van der Waals surface area contributed by atoms with E-state index in [1.54, 1.807) is 13.2 Å². The molecule has 9 rings (SSSR count). The monoisotopic (exact) mass is 671 g/mol. The molecular weight excluding hydrogens is 627 g/mol. The van der Waals surface area contributed by atoms with Crippen LogP contribution < -0.4 is 9.46 Å². The van der Waals surface area contributed by atoms with E-state index in [-0.39, 0.29) is 11.8 Å². The van der Waals surface area contributed by atoms with Crippen LogP contribution in [0.5, 0.6) is 5.75 Å². The summed E-state index contributed by atoms with van der Waals surface area (Å²) in [4.78, 5) is 33.0. The van der Waals surface area contributed by atoms with E-state index in [9.17, 15) is 18.0 Å². The van der Waals surface area contributed by atoms with E-state index in [4.69, 9.17) is 4.74 Å². The van der Waals surface area contributed by atoms with Gasteiger partial charge in [-0.05, 0) is 92.4 Å². The fraction of sp³-hybridized carbons (Fsp3) is 0.568. The maximum atomic E-state index is 14.8. The predicted octanol–water partition coefficient (Wildman–Crippen LogP) is 4.84. The van der Waals surface area contributed by atoms with Crippen molar-refractivity contribution in [2.24, 2.45) is 5.41 Å². The zero-order chi connectivity index (χ0) is 32.8. The first-order valence-electron chi connectivity index (χ1n) is 18.0. The van der Waals surface area contributed by atoms with E-state index in [1.165, 1.54) is 41.1 Å². The Morgan fingerprint density at radius 1 is 0.917 bits per heavy atom. The highest BCUT2D eigenvalue weighted by molar-refractivity contribution is 7.87. The van der Waals surface area contributed by atoms with E-state index in [0.717, 1.165) is 86.2 Å². The fourth-order valence-electron chi connectivity index (χ4n) is 9.68. The first kappa shape index (κ1) is 30.6. The summed E-state index contributed by atoms with van der Waals surface area (Å²) >= 11 is 0. The molecule has 3 aromatic rings. The van der Waals surface area contributed by atoms with Crippen LogP contribution in [-0.4, -0.2) is 91.3 Å². The lowest BCUT2D eigenvalue weighted by Gasteiger charge is -2.39. The minimum Gasteiger partial charge on any atom is -0.497 e. The van der Waals surface area contributed by atoms with Crippen molar-refractivity contribution in [3.05, 3.63) is 53.1 Å². The van der Waals surface area contributed by atoms with Gasteiger partial charge in [0.05, 0.1) is 18.2 Å². The van der Waals surface area contributed by atoms with E-state index >= 15 is 0 Å². The van der Waals surface area contributed by atoms with Gasteiger partial charge in [-0.3, -0.25) is 14.5 Å². The molecule has 3 atom stereocenters. The lowest BCUT2D eigenvalue weighted by Crippen LogP contribution is -2.54. The summed E-state index contributed by atoms with van der Waals surface area (Å²) in [5.41, 5.74) is 5.42. The molecule has 1 N–H and O–H groups in total. The van der Waals surface area contributed by atoms with Gasteiger partial charge < -0.3 is 14.2 Å². The van der Waals surface area contributed by atoms with Gasteiger partial charge >= 0.3 is 10.2 Å². The first-order chi connectivity index (χ1) is 23.3. The van der Waals surface area contributed by atoms with E-state index < -0.39 is 21.5 Å². The van der Waals surface area contributed by atoms with Crippen molar-refractivity contribution in [1.29, 1.82) is 0 Å². The van der Waals surface area contributed by atoms with Crippen LogP contribution in [-0.2, 0) is 21.5 Å². The van der Waals surface area contributed by atoms with Gasteiger partial charge in [0.15, 0.2) is 0 Å². The standard InChI is InChI=1S/C37H45N5O5S/c1-47-27-11-13-28-30(20-27)31-21-37(31,36(44)40-18-17-39-14-5-9-26(39)22-40)23-42-32-19-25(35(43)38-48(45,46)41-15-6-16-41)10-12-29(32)33(34(28)42)24-7-3-2-4-8-24/h10-13,19-20,24,26,31H,2-9,14-18,21-23H2,1H3,(H,38,43). The van der Waals surface area contributed by atoms with Crippen molar-refractivity contribution < 1.29 is 22.7 Å². The number of hydrogen-bond acceptors (Lipinski definition) is 6. The number of aromatic nitrogens is 1. The molecule has 11 heteroatoms. The Bertz CT molecular complexity index is 1930. The highest BCUT2D eigenvalue weighted by Crippen LogP contribution is 2.66. The van der Waals surface area contributed by atoms with Crippen molar-refractivity contribution >= 4 is 32.9 Å². The molecule has 0 spiro atoms. The molecule has 6 aliphatic rings. The molecule has 3 unspecified atom stereocenters. The topological polar surface area (TPSA) is 104 Å². The number of nitrogens with zero attached hydrogens (tertiary/aromatic N) is 4. The van der Waals surface area contributed by atoms with Gasteiger partial charge in [0, 0.05) is 73.3 Å². The van der Waals surface area contributed by atoms with Gasteiger partial charge in [-0.25, -0.2) is 4.72 Å². The average Bonchev–Trinajstić information content (AvgIpc) is 3.48. The predicted molar refractivity (Wildman–Crippen MR) is 183 cm³/mol. The highest BCUT2D eigenvalue weighted by Gasteiger charge is 2.64. The number of amides is 2. The summed E-state index contributed by atoms with van der Waals surface area (Å²) in [5, 5.41) is 1.10. The number of fused-ring (bicyclic) bond motifs is 8. The van der Waals surface area contributed by atoms with Crippen molar-refractivity contribution in [2.75, 3.05) is 46.4 Å². The molecule has 2 amide bonds. The third-order valence-corrected chi connectivity index (χ3v) is 13.9. The second-order valence-corrected chi connectivity index (χ2v) is 16.7. The number of methoxy groups -OCH3 is 1. The Kier molecular flexibility index (Phi) is 7.22. The molecule has 2 aromatic carbocycles. The number of hydrogen-bond donors (Lipinski definition) is 1. The van der Waals surface area contributed by atoms with Crippen molar-refractivity contribution in [2.45, 2.75) is 82.2 Å². The third kappa shape index (κ3) is 4.75. The lowest BCUT2D eigenvalue weighted by molar-refractivity contribution is -0.140. The molecule has 1 aromatic heterocycles. The van der Waals surface area contributed by atoms with Crippen molar-refractivity contribution in [3.8, 4) is 17.0 Å². The molecule has 4 aliphatic heterocycles. The summed E-state index contributed by atoms with van der Waals surface area (Å²) < 4.78 is 37.4. The smallest absolute Gasteiger partial charge is 0.304 e. The van der Waals surface area contributed by atoms with Crippen LogP contribution in [0.1, 0.15) is 91.1 Å². The molecule has 2 aliphatic carbocycles. The summed E-state index contributed by atoms with van der Waals surface area (Å²) in [7, 11) is -2.19. The van der Waals surface area contributed by atoms with Crippen molar-refractivity contribution in [1.82, 2.24) is 23.4 Å². The Labute approximate surface area is 282 Å². The highest BCUT2D eigenvalue weighted by atomic mass is 32.2. The first-order valence-corrected chi connectivity index (χ1v) is 19.4. The number of piperazine rings is 1. The van der Waals surface area contributed by atoms with Crippen molar-refractivity contribution in [3.63, 3.8) is 0 Å². The molecule has 254 valence electrons. The summed E-state index contributed by atoms with van der Waals surface area (Å²) in [5.74, 6) is 0.875. The summed E-state index contributed by atoms with van der Waals surface area (Å²) in [6.45, 7) is 5.01. The molecule has 10 nitrogen and oxygen atoms in total. The molecule has 5 fully saturated rings. The number of ether oxygens (including phenoxy) is 1. The summed E-state index contributed by atoms with van der Waals surface area (Å²) in [6, 6.07) is 12.5. The molecular formula is C37H45N5O5S. The largest absolute Gasteiger partial charge is 0.497 e. The average molecular weight is 672 g/mol. The van der Waals surface area contributed by atoms with Crippen LogP contribution in [0.3, 0.4) is 0 Å². The molecule has 5 heterocycles. The van der Waals surface area contributed by atoms with Gasteiger partial charge in [0.25, 0.3) is 5.91 Å². The maximum absolute atomic E-state index is 14.8. The molecule has 2 saturated carbocycles. The Balaban J connectivity index is 1.19. The lowest BCUT2D eigenvalue weighted by atomic mass is 9.81.